The summed E-state index contributed by atoms with van der Waals surface area (Å²) in [6.07, 6.45) is 1.33. The number of amides is 1. The fourth-order valence-corrected chi connectivity index (χ4v) is 6.09. The van der Waals surface area contributed by atoms with Crippen LogP contribution in [0.1, 0.15) is 36.5 Å². The number of piperidine rings is 1. The zero-order valence-corrected chi connectivity index (χ0v) is 20.4. The van der Waals surface area contributed by atoms with E-state index < -0.39 is 4.75 Å². The van der Waals surface area contributed by atoms with Crippen molar-refractivity contribution >= 4 is 23.6 Å². The highest BCUT2D eigenvalue weighted by Gasteiger charge is 2.38. The molecule has 1 aliphatic heterocycles. The van der Waals surface area contributed by atoms with E-state index in [0.717, 1.165) is 16.7 Å². The normalized spacial score (nSPS) is 14.6. The standard InChI is InChI=1S/C29H31NO3S/c1-2-33-28(32)23-18-20-30(21-19-23)27(31)22-34-29(24-12-6-3-7-13-24,25-14-8-4-9-15-25)26-16-10-5-11-17-26/h3-17,23H,2,18-22H2,1H3. The van der Waals surface area contributed by atoms with Crippen molar-refractivity contribution in [2.45, 2.75) is 24.5 Å². The van der Waals surface area contributed by atoms with Gasteiger partial charge in [-0.2, -0.15) is 0 Å². The number of hydrogen-bond acceptors (Lipinski definition) is 4. The molecule has 0 aromatic heterocycles. The Kier molecular flexibility index (Phi) is 8.07. The number of likely N-dealkylation sites (tertiary alicyclic amines) is 1. The fraction of sp³-hybridized carbons (Fsp3) is 0.310. The van der Waals surface area contributed by atoms with Gasteiger partial charge in [-0.3, -0.25) is 9.59 Å². The minimum Gasteiger partial charge on any atom is -0.466 e. The molecule has 0 bridgehead atoms. The van der Waals surface area contributed by atoms with Crippen molar-refractivity contribution in [2.75, 3.05) is 25.4 Å². The molecule has 0 saturated carbocycles. The second-order valence-electron chi connectivity index (χ2n) is 8.48. The van der Waals surface area contributed by atoms with E-state index in [1.807, 2.05) is 30.0 Å². The summed E-state index contributed by atoms with van der Waals surface area (Å²) in [6, 6.07) is 31.2. The fourth-order valence-electron chi connectivity index (χ4n) is 4.65. The molecule has 1 saturated heterocycles. The van der Waals surface area contributed by atoms with E-state index >= 15 is 0 Å². The predicted octanol–water partition coefficient (Wildman–Crippen LogP) is 5.51. The molecule has 4 rings (SSSR count). The average molecular weight is 474 g/mol. The summed E-state index contributed by atoms with van der Waals surface area (Å²) in [6.45, 7) is 3.41. The quantitative estimate of drug-likeness (QED) is 0.320. The molecule has 0 N–H and O–H groups in total. The predicted molar refractivity (Wildman–Crippen MR) is 138 cm³/mol. The van der Waals surface area contributed by atoms with Crippen LogP contribution < -0.4 is 0 Å². The molecule has 0 aliphatic carbocycles. The van der Waals surface area contributed by atoms with Crippen LogP contribution in [0.3, 0.4) is 0 Å². The van der Waals surface area contributed by atoms with Gasteiger partial charge in [0.15, 0.2) is 0 Å². The molecule has 1 amide bonds. The summed E-state index contributed by atoms with van der Waals surface area (Å²) >= 11 is 1.66. The molecule has 3 aromatic rings. The van der Waals surface area contributed by atoms with Gasteiger partial charge in [-0.25, -0.2) is 0 Å². The first-order valence-corrected chi connectivity index (χ1v) is 12.9. The highest BCUT2D eigenvalue weighted by Crippen LogP contribution is 2.48. The van der Waals surface area contributed by atoms with Crippen molar-refractivity contribution in [1.29, 1.82) is 0 Å². The minimum atomic E-state index is -0.511. The Labute approximate surface area is 206 Å². The maximum absolute atomic E-state index is 13.3. The number of hydrogen-bond donors (Lipinski definition) is 0. The maximum atomic E-state index is 13.3. The van der Waals surface area contributed by atoms with Crippen LogP contribution in [0, 0.1) is 5.92 Å². The van der Waals surface area contributed by atoms with Gasteiger partial charge in [0.2, 0.25) is 5.91 Å². The van der Waals surface area contributed by atoms with E-state index in [1.165, 1.54) is 0 Å². The number of rotatable bonds is 8. The van der Waals surface area contributed by atoms with Crippen LogP contribution in [0.2, 0.25) is 0 Å². The summed E-state index contributed by atoms with van der Waals surface area (Å²) in [5, 5.41) is 0. The van der Waals surface area contributed by atoms with Gasteiger partial charge in [0.25, 0.3) is 0 Å². The molecule has 3 aromatic carbocycles. The van der Waals surface area contributed by atoms with Gasteiger partial charge < -0.3 is 9.64 Å². The van der Waals surface area contributed by atoms with Crippen LogP contribution in [0.5, 0.6) is 0 Å². The van der Waals surface area contributed by atoms with E-state index in [2.05, 4.69) is 72.8 Å². The first kappa shape index (κ1) is 24.1. The third kappa shape index (κ3) is 5.20. The first-order chi connectivity index (χ1) is 16.6. The second kappa shape index (κ2) is 11.4. The van der Waals surface area contributed by atoms with Crippen LogP contribution in [-0.2, 0) is 19.1 Å². The summed E-state index contributed by atoms with van der Waals surface area (Å²) in [5.74, 6) is 0.219. The number of ether oxygens (including phenoxy) is 1. The van der Waals surface area contributed by atoms with Gasteiger partial charge in [-0.05, 0) is 36.5 Å². The Morgan fingerprint density at radius 1 is 0.824 bits per heavy atom. The molecule has 0 radical (unpaired) electrons. The van der Waals surface area contributed by atoms with Crippen LogP contribution in [0.15, 0.2) is 91.0 Å². The third-order valence-corrected chi connectivity index (χ3v) is 7.95. The van der Waals surface area contributed by atoms with Crippen molar-refractivity contribution in [3.8, 4) is 0 Å². The van der Waals surface area contributed by atoms with Gasteiger partial charge in [0, 0.05) is 13.1 Å². The molecule has 0 unspecified atom stereocenters. The summed E-state index contributed by atoms with van der Waals surface area (Å²) in [4.78, 5) is 27.3. The third-order valence-electron chi connectivity index (χ3n) is 6.42. The van der Waals surface area contributed by atoms with Crippen molar-refractivity contribution in [3.05, 3.63) is 108 Å². The van der Waals surface area contributed by atoms with Crippen LogP contribution in [0.4, 0.5) is 0 Å². The lowest BCUT2D eigenvalue weighted by Crippen LogP contribution is -2.42. The van der Waals surface area contributed by atoms with Gasteiger partial charge in [-0.15, -0.1) is 11.8 Å². The van der Waals surface area contributed by atoms with Crippen molar-refractivity contribution in [3.63, 3.8) is 0 Å². The average Bonchev–Trinajstić information content (AvgIpc) is 2.91. The number of nitrogens with zero attached hydrogens (tertiary/aromatic N) is 1. The topological polar surface area (TPSA) is 46.6 Å². The molecule has 1 aliphatic rings. The van der Waals surface area contributed by atoms with Crippen LogP contribution in [-0.4, -0.2) is 42.2 Å². The molecule has 4 nitrogen and oxygen atoms in total. The Morgan fingerprint density at radius 2 is 1.26 bits per heavy atom. The summed E-state index contributed by atoms with van der Waals surface area (Å²) < 4.78 is 4.66. The number of thioether (sulfide) groups is 1. The highest BCUT2D eigenvalue weighted by molar-refractivity contribution is 8.01. The van der Waals surface area contributed by atoms with Crippen molar-refractivity contribution in [2.24, 2.45) is 5.92 Å². The molecule has 5 heteroatoms. The molecule has 0 spiro atoms. The Balaban J connectivity index is 1.59. The van der Waals surface area contributed by atoms with Crippen molar-refractivity contribution in [1.82, 2.24) is 4.90 Å². The molecular weight excluding hydrogens is 442 g/mol. The molecule has 34 heavy (non-hydrogen) atoms. The first-order valence-electron chi connectivity index (χ1n) is 11.9. The van der Waals surface area contributed by atoms with E-state index in [9.17, 15) is 9.59 Å². The van der Waals surface area contributed by atoms with Gasteiger partial charge in [0.05, 0.1) is 23.0 Å². The monoisotopic (exact) mass is 473 g/mol. The Hall–Kier alpha value is -3.05. The van der Waals surface area contributed by atoms with Gasteiger partial charge >= 0.3 is 5.97 Å². The second-order valence-corrected chi connectivity index (χ2v) is 9.66. The van der Waals surface area contributed by atoms with Gasteiger partial charge in [-0.1, -0.05) is 91.0 Å². The lowest BCUT2D eigenvalue weighted by Gasteiger charge is -2.36. The summed E-state index contributed by atoms with van der Waals surface area (Å²) in [7, 11) is 0. The molecule has 176 valence electrons. The number of benzene rings is 3. The van der Waals surface area contributed by atoms with Crippen molar-refractivity contribution < 1.29 is 14.3 Å². The molecule has 0 atom stereocenters. The smallest absolute Gasteiger partial charge is 0.309 e. The summed E-state index contributed by atoms with van der Waals surface area (Å²) in [5.41, 5.74) is 3.43. The number of carbonyl (C=O) groups is 2. The minimum absolute atomic E-state index is 0.103. The SMILES string of the molecule is CCOC(=O)C1CCN(C(=O)CSC(c2ccccc2)(c2ccccc2)c2ccccc2)CC1. The van der Waals surface area contributed by atoms with E-state index in [0.29, 0.717) is 38.3 Å². The Bertz CT molecular complexity index is 968. The highest BCUT2D eigenvalue weighted by atomic mass is 32.2. The molecule has 1 heterocycles. The van der Waals surface area contributed by atoms with Gasteiger partial charge in [0.1, 0.15) is 0 Å². The van der Waals surface area contributed by atoms with E-state index in [4.69, 9.17) is 4.74 Å². The largest absolute Gasteiger partial charge is 0.466 e. The van der Waals surface area contributed by atoms with E-state index in [1.54, 1.807) is 11.8 Å². The zero-order chi connectivity index (χ0) is 23.8. The maximum Gasteiger partial charge on any atom is 0.309 e. The van der Waals surface area contributed by atoms with Crippen LogP contribution in [0.25, 0.3) is 0 Å². The molecule has 1 fully saturated rings. The van der Waals surface area contributed by atoms with Crippen LogP contribution >= 0.6 is 11.8 Å². The lowest BCUT2D eigenvalue weighted by atomic mass is 9.84. The Morgan fingerprint density at radius 3 is 1.68 bits per heavy atom. The zero-order valence-electron chi connectivity index (χ0n) is 19.6. The lowest BCUT2D eigenvalue weighted by molar-refractivity contribution is -0.151. The number of carbonyl (C=O) groups excluding carboxylic acids is 2. The van der Waals surface area contributed by atoms with E-state index in [-0.39, 0.29) is 17.8 Å². The number of esters is 1. The molecular formula is C29H31NO3S.